The van der Waals surface area contributed by atoms with Crippen LogP contribution < -0.4 is 5.73 Å². The Labute approximate surface area is 200 Å². The minimum absolute atomic E-state index is 0.0210. The van der Waals surface area contributed by atoms with E-state index in [4.69, 9.17) is 10.8 Å². The minimum Gasteiger partial charge on any atom is -0.394 e. The third-order valence-corrected chi connectivity index (χ3v) is 3.50. The van der Waals surface area contributed by atoms with Crippen LogP contribution in [0.4, 0.5) is 0 Å². The van der Waals surface area contributed by atoms with Crippen LogP contribution in [0.15, 0.2) is 0 Å². The lowest BCUT2D eigenvalue weighted by Gasteiger charge is -2.21. The Kier molecular flexibility index (Phi) is 16.9. The Balaban J connectivity index is -0.000000397. The highest BCUT2D eigenvalue weighted by Gasteiger charge is 2.22. The summed E-state index contributed by atoms with van der Waals surface area (Å²) in [5.41, 5.74) is 4.60. The molecular formula is C28H52N2O2. The first-order chi connectivity index (χ1) is 14.0. The fourth-order valence-corrected chi connectivity index (χ4v) is 1.28. The van der Waals surface area contributed by atoms with Crippen LogP contribution >= 0.6 is 0 Å². The Morgan fingerprint density at radius 3 is 1.44 bits per heavy atom. The Bertz CT molecular complexity index is 680. The molecule has 0 saturated heterocycles. The molecule has 1 unspecified atom stereocenters. The number of aliphatic hydroxyl groups excluding tert-OH is 1. The molecule has 4 heteroatoms. The first-order valence-corrected chi connectivity index (χ1v) is 11.3. The first kappa shape index (κ1) is 35.1. The normalized spacial score (nSPS) is 14.0. The SMILES string of the molecule is CC(C)(C)C#C[C@@H](N)CO.CC(C)C(C)(O)C#CC(C)(C)C.CN(C)CC#CC(C)(C)C. The van der Waals surface area contributed by atoms with Crippen molar-refractivity contribution in [2.45, 2.75) is 94.7 Å². The van der Waals surface area contributed by atoms with Gasteiger partial charge in [-0.1, -0.05) is 49.4 Å². The van der Waals surface area contributed by atoms with Gasteiger partial charge in [0.25, 0.3) is 0 Å². The zero-order valence-electron chi connectivity index (χ0n) is 23.5. The van der Waals surface area contributed by atoms with Crippen molar-refractivity contribution in [2.75, 3.05) is 27.2 Å². The van der Waals surface area contributed by atoms with Gasteiger partial charge in [0.05, 0.1) is 19.2 Å². The fraction of sp³-hybridized carbons (Fsp3) is 0.786. The summed E-state index contributed by atoms with van der Waals surface area (Å²) in [5.74, 6) is 18.1. The Morgan fingerprint density at radius 1 is 0.750 bits per heavy atom. The summed E-state index contributed by atoms with van der Waals surface area (Å²) in [7, 11) is 4.05. The van der Waals surface area contributed by atoms with Crippen LogP contribution in [0, 0.1) is 57.7 Å². The molecular weight excluding hydrogens is 396 g/mol. The molecule has 0 rings (SSSR count). The molecule has 4 N–H and O–H groups in total. The van der Waals surface area contributed by atoms with Gasteiger partial charge in [0.2, 0.25) is 0 Å². The number of nitrogens with two attached hydrogens (primary N) is 1. The maximum Gasteiger partial charge on any atom is 0.125 e. The largest absolute Gasteiger partial charge is 0.394 e. The Hall–Kier alpha value is -1.48. The van der Waals surface area contributed by atoms with E-state index in [1.165, 1.54) is 0 Å². The average molecular weight is 449 g/mol. The molecule has 0 radical (unpaired) electrons. The molecule has 0 heterocycles. The second kappa shape index (κ2) is 15.4. The zero-order valence-corrected chi connectivity index (χ0v) is 23.5. The first-order valence-electron chi connectivity index (χ1n) is 11.3. The molecule has 2 atom stereocenters. The lowest BCUT2D eigenvalue weighted by atomic mass is 9.90. The third kappa shape index (κ3) is 30.7. The van der Waals surface area contributed by atoms with Gasteiger partial charge in [-0.2, -0.15) is 0 Å². The highest BCUT2D eigenvalue weighted by Crippen LogP contribution is 2.17. The molecule has 0 aliphatic carbocycles. The van der Waals surface area contributed by atoms with Gasteiger partial charge in [-0.3, -0.25) is 4.90 Å². The Morgan fingerprint density at radius 2 is 1.16 bits per heavy atom. The van der Waals surface area contributed by atoms with Crippen LogP contribution in [-0.2, 0) is 0 Å². The zero-order chi connectivity index (χ0) is 26.4. The van der Waals surface area contributed by atoms with E-state index in [9.17, 15) is 5.11 Å². The summed E-state index contributed by atoms with van der Waals surface area (Å²) in [6.45, 7) is 25.0. The van der Waals surface area contributed by atoms with Gasteiger partial charge >= 0.3 is 0 Å². The van der Waals surface area contributed by atoms with Crippen molar-refractivity contribution < 1.29 is 10.2 Å². The summed E-state index contributed by atoms with van der Waals surface area (Å²) < 4.78 is 0. The lowest BCUT2D eigenvalue weighted by molar-refractivity contribution is 0.0723. The van der Waals surface area contributed by atoms with Crippen LogP contribution in [0.1, 0.15) is 83.1 Å². The van der Waals surface area contributed by atoms with Gasteiger partial charge in [0.1, 0.15) is 5.60 Å². The molecule has 0 spiro atoms. The van der Waals surface area contributed by atoms with Gasteiger partial charge in [0.15, 0.2) is 0 Å². The predicted octanol–water partition coefficient (Wildman–Crippen LogP) is 4.40. The fourth-order valence-electron chi connectivity index (χ4n) is 1.28. The number of rotatable bonds is 3. The highest BCUT2D eigenvalue weighted by molar-refractivity contribution is 5.17. The van der Waals surface area contributed by atoms with E-state index in [0.717, 1.165) is 6.54 Å². The van der Waals surface area contributed by atoms with Gasteiger partial charge in [-0.05, 0) is 89.3 Å². The monoisotopic (exact) mass is 448 g/mol. The predicted molar refractivity (Wildman–Crippen MR) is 141 cm³/mol. The van der Waals surface area contributed by atoms with Crippen molar-refractivity contribution in [3.63, 3.8) is 0 Å². The van der Waals surface area contributed by atoms with Crippen molar-refractivity contribution in [3.05, 3.63) is 0 Å². The van der Waals surface area contributed by atoms with Crippen molar-refractivity contribution in [3.8, 4) is 35.5 Å². The molecule has 0 saturated carbocycles. The molecule has 0 bridgehead atoms. The highest BCUT2D eigenvalue weighted by atomic mass is 16.3. The van der Waals surface area contributed by atoms with E-state index >= 15 is 0 Å². The van der Waals surface area contributed by atoms with E-state index in [0.29, 0.717) is 0 Å². The summed E-state index contributed by atoms with van der Waals surface area (Å²) in [5, 5.41) is 18.3. The average Bonchev–Trinajstić information content (AvgIpc) is 2.56. The van der Waals surface area contributed by atoms with Gasteiger partial charge in [-0.25, -0.2) is 0 Å². The molecule has 0 amide bonds. The summed E-state index contributed by atoms with van der Waals surface area (Å²) in [4.78, 5) is 2.07. The van der Waals surface area contributed by atoms with E-state index in [1.807, 2.05) is 69.5 Å². The van der Waals surface area contributed by atoms with Gasteiger partial charge < -0.3 is 15.9 Å². The second-order valence-corrected chi connectivity index (χ2v) is 11.9. The maximum atomic E-state index is 9.78. The minimum atomic E-state index is -0.854. The van der Waals surface area contributed by atoms with Crippen LogP contribution in [0.2, 0.25) is 0 Å². The van der Waals surface area contributed by atoms with Crippen LogP contribution in [0.3, 0.4) is 0 Å². The van der Waals surface area contributed by atoms with Gasteiger partial charge in [-0.15, -0.1) is 0 Å². The molecule has 186 valence electrons. The van der Waals surface area contributed by atoms with E-state index in [-0.39, 0.29) is 34.8 Å². The molecule has 0 aromatic heterocycles. The van der Waals surface area contributed by atoms with Crippen LogP contribution in [0.25, 0.3) is 0 Å². The summed E-state index contributed by atoms with van der Waals surface area (Å²) >= 11 is 0. The van der Waals surface area contributed by atoms with Crippen molar-refractivity contribution in [2.24, 2.45) is 27.9 Å². The summed E-state index contributed by atoms with van der Waals surface area (Å²) in [6, 6.07) is -0.390. The quantitative estimate of drug-likeness (QED) is 0.560. The van der Waals surface area contributed by atoms with Crippen LogP contribution in [0.5, 0.6) is 0 Å². The topological polar surface area (TPSA) is 69.7 Å². The lowest BCUT2D eigenvalue weighted by Crippen LogP contribution is -2.29. The van der Waals surface area contributed by atoms with Crippen molar-refractivity contribution >= 4 is 0 Å². The van der Waals surface area contributed by atoms with E-state index < -0.39 is 5.60 Å². The molecule has 0 aromatic rings. The smallest absolute Gasteiger partial charge is 0.125 e. The summed E-state index contributed by atoms with van der Waals surface area (Å²) in [6.07, 6.45) is 0. The number of hydrogen-bond donors (Lipinski definition) is 3. The van der Waals surface area contributed by atoms with Crippen molar-refractivity contribution in [1.29, 1.82) is 0 Å². The number of aliphatic hydroxyl groups is 2. The van der Waals surface area contributed by atoms with Crippen LogP contribution in [-0.4, -0.2) is 54.0 Å². The molecule has 0 aliphatic heterocycles. The standard InChI is InChI=1S/C11H20O.C9H17N.C8H15NO/c1-9(2)11(6,12)8-7-10(3,4)5;1-9(2,3)7-6-8-10(4)5;1-8(2,3)5-4-7(9)6-10/h9,12H,1-6H3;8H2,1-5H3;7,10H,6,9H2,1-3H3/t;;7-/m..1/s1. The molecule has 4 nitrogen and oxygen atoms in total. The molecule has 0 aliphatic rings. The maximum absolute atomic E-state index is 9.78. The third-order valence-electron chi connectivity index (χ3n) is 3.50. The number of hydrogen-bond acceptors (Lipinski definition) is 4. The van der Waals surface area contributed by atoms with E-state index in [1.54, 1.807) is 6.92 Å². The molecule has 0 fully saturated rings. The van der Waals surface area contributed by atoms with Crippen molar-refractivity contribution in [1.82, 2.24) is 4.90 Å². The number of nitrogens with zero attached hydrogens (tertiary/aromatic N) is 1. The second-order valence-electron chi connectivity index (χ2n) is 11.9. The molecule has 32 heavy (non-hydrogen) atoms. The molecule has 0 aromatic carbocycles. The van der Waals surface area contributed by atoms with Gasteiger partial charge in [0, 0.05) is 16.2 Å². The van der Waals surface area contributed by atoms with E-state index in [2.05, 4.69) is 61.2 Å².